The summed E-state index contributed by atoms with van der Waals surface area (Å²) in [5.74, 6) is 1.49. The first-order valence-electron chi connectivity index (χ1n) is 6.43. The SMILES string of the molecule is CCNc1cc(-c2cccnc2)nc(COCC)n1. The van der Waals surface area contributed by atoms with Gasteiger partial charge in [0.2, 0.25) is 0 Å². The molecule has 19 heavy (non-hydrogen) atoms. The van der Waals surface area contributed by atoms with Crippen LogP contribution in [0.4, 0.5) is 5.82 Å². The molecule has 2 rings (SSSR count). The van der Waals surface area contributed by atoms with Crippen molar-refractivity contribution in [1.29, 1.82) is 0 Å². The molecule has 0 aliphatic carbocycles. The Labute approximate surface area is 113 Å². The van der Waals surface area contributed by atoms with Gasteiger partial charge in [0.25, 0.3) is 0 Å². The molecule has 0 bridgehead atoms. The van der Waals surface area contributed by atoms with Crippen LogP contribution in [0.15, 0.2) is 30.6 Å². The predicted molar refractivity (Wildman–Crippen MR) is 74.8 cm³/mol. The first kappa shape index (κ1) is 13.4. The monoisotopic (exact) mass is 258 g/mol. The second-order valence-electron chi connectivity index (χ2n) is 3.96. The first-order valence-corrected chi connectivity index (χ1v) is 6.43. The van der Waals surface area contributed by atoms with E-state index < -0.39 is 0 Å². The van der Waals surface area contributed by atoms with Crippen LogP contribution in [0.3, 0.4) is 0 Å². The molecule has 0 amide bonds. The van der Waals surface area contributed by atoms with Gasteiger partial charge in [-0.1, -0.05) is 0 Å². The Morgan fingerprint density at radius 3 is 2.84 bits per heavy atom. The van der Waals surface area contributed by atoms with Crippen LogP contribution in [0, 0.1) is 0 Å². The summed E-state index contributed by atoms with van der Waals surface area (Å²) in [4.78, 5) is 13.0. The van der Waals surface area contributed by atoms with Crippen molar-refractivity contribution in [2.45, 2.75) is 20.5 Å². The second-order valence-corrected chi connectivity index (χ2v) is 3.96. The smallest absolute Gasteiger partial charge is 0.157 e. The average Bonchev–Trinajstić information content (AvgIpc) is 2.46. The van der Waals surface area contributed by atoms with E-state index in [2.05, 4.69) is 20.3 Å². The summed E-state index contributed by atoms with van der Waals surface area (Å²) in [5, 5.41) is 3.21. The molecule has 0 aromatic carbocycles. The number of hydrogen-bond acceptors (Lipinski definition) is 5. The van der Waals surface area contributed by atoms with Crippen molar-refractivity contribution in [2.75, 3.05) is 18.5 Å². The van der Waals surface area contributed by atoms with E-state index in [-0.39, 0.29) is 0 Å². The molecule has 1 N–H and O–H groups in total. The molecule has 0 atom stereocenters. The molecular formula is C14H18N4O. The first-order chi connectivity index (χ1) is 9.33. The lowest BCUT2D eigenvalue weighted by atomic mass is 10.2. The highest BCUT2D eigenvalue weighted by Crippen LogP contribution is 2.19. The molecule has 0 fully saturated rings. The van der Waals surface area contributed by atoms with Crippen molar-refractivity contribution < 1.29 is 4.74 Å². The minimum absolute atomic E-state index is 0.420. The maximum atomic E-state index is 5.38. The van der Waals surface area contributed by atoms with Crippen LogP contribution in [-0.2, 0) is 11.3 Å². The van der Waals surface area contributed by atoms with Crippen LogP contribution in [0.25, 0.3) is 11.3 Å². The Bertz CT molecular complexity index is 516. The molecule has 0 saturated carbocycles. The van der Waals surface area contributed by atoms with Gasteiger partial charge >= 0.3 is 0 Å². The molecule has 0 unspecified atom stereocenters. The number of nitrogens with one attached hydrogen (secondary N) is 1. The van der Waals surface area contributed by atoms with E-state index in [1.165, 1.54) is 0 Å². The lowest BCUT2D eigenvalue weighted by molar-refractivity contribution is 0.128. The number of ether oxygens (including phenoxy) is 1. The van der Waals surface area contributed by atoms with Crippen LogP contribution >= 0.6 is 0 Å². The van der Waals surface area contributed by atoms with Gasteiger partial charge in [0.05, 0.1) is 5.69 Å². The molecule has 0 aliphatic rings. The van der Waals surface area contributed by atoms with Gasteiger partial charge < -0.3 is 10.1 Å². The summed E-state index contributed by atoms with van der Waals surface area (Å²) in [6, 6.07) is 5.80. The zero-order chi connectivity index (χ0) is 13.5. The van der Waals surface area contributed by atoms with E-state index in [1.54, 1.807) is 12.4 Å². The molecular weight excluding hydrogens is 240 g/mol. The fraction of sp³-hybridized carbons (Fsp3) is 0.357. The molecule has 100 valence electrons. The number of anilines is 1. The molecule has 2 aromatic heterocycles. The van der Waals surface area contributed by atoms with Gasteiger partial charge in [0, 0.05) is 37.2 Å². The van der Waals surface area contributed by atoms with E-state index in [0.29, 0.717) is 19.0 Å². The zero-order valence-electron chi connectivity index (χ0n) is 11.3. The Morgan fingerprint density at radius 2 is 2.16 bits per heavy atom. The molecule has 0 aliphatic heterocycles. The van der Waals surface area contributed by atoms with E-state index in [1.807, 2.05) is 32.0 Å². The number of rotatable bonds is 6. The fourth-order valence-electron chi connectivity index (χ4n) is 1.69. The van der Waals surface area contributed by atoms with E-state index in [0.717, 1.165) is 23.6 Å². The van der Waals surface area contributed by atoms with Gasteiger partial charge in [-0.05, 0) is 26.0 Å². The average molecular weight is 258 g/mol. The third-order valence-electron chi connectivity index (χ3n) is 2.52. The number of aromatic nitrogens is 3. The highest BCUT2D eigenvalue weighted by atomic mass is 16.5. The minimum atomic E-state index is 0.420. The number of hydrogen-bond donors (Lipinski definition) is 1. The van der Waals surface area contributed by atoms with Crippen molar-refractivity contribution in [3.63, 3.8) is 0 Å². The molecule has 2 aromatic rings. The van der Waals surface area contributed by atoms with E-state index in [9.17, 15) is 0 Å². The maximum absolute atomic E-state index is 5.38. The van der Waals surface area contributed by atoms with Crippen LogP contribution in [-0.4, -0.2) is 28.1 Å². The van der Waals surface area contributed by atoms with Crippen LogP contribution in [0.5, 0.6) is 0 Å². The summed E-state index contributed by atoms with van der Waals surface area (Å²) in [6.45, 7) is 5.88. The Morgan fingerprint density at radius 1 is 1.26 bits per heavy atom. The van der Waals surface area contributed by atoms with Crippen molar-refractivity contribution in [1.82, 2.24) is 15.0 Å². The molecule has 2 heterocycles. The zero-order valence-corrected chi connectivity index (χ0v) is 11.3. The third kappa shape index (κ3) is 3.72. The van der Waals surface area contributed by atoms with E-state index >= 15 is 0 Å². The lowest BCUT2D eigenvalue weighted by Gasteiger charge is -2.09. The summed E-state index contributed by atoms with van der Waals surface area (Å²) >= 11 is 0. The maximum Gasteiger partial charge on any atom is 0.157 e. The van der Waals surface area contributed by atoms with E-state index in [4.69, 9.17) is 4.74 Å². The van der Waals surface area contributed by atoms with Crippen LogP contribution in [0.2, 0.25) is 0 Å². The number of pyridine rings is 1. The van der Waals surface area contributed by atoms with Crippen LogP contribution < -0.4 is 5.32 Å². The number of nitrogens with zero attached hydrogens (tertiary/aromatic N) is 3. The third-order valence-corrected chi connectivity index (χ3v) is 2.52. The quantitative estimate of drug-likeness (QED) is 0.862. The minimum Gasteiger partial charge on any atom is -0.374 e. The molecule has 0 radical (unpaired) electrons. The van der Waals surface area contributed by atoms with Crippen molar-refractivity contribution in [2.24, 2.45) is 0 Å². The summed E-state index contributed by atoms with van der Waals surface area (Å²) in [6.07, 6.45) is 3.54. The van der Waals surface area contributed by atoms with Gasteiger partial charge in [-0.15, -0.1) is 0 Å². The van der Waals surface area contributed by atoms with Gasteiger partial charge in [-0.2, -0.15) is 0 Å². The Hall–Kier alpha value is -2.01. The topological polar surface area (TPSA) is 59.9 Å². The molecule has 0 spiro atoms. The van der Waals surface area contributed by atoms with Gasteiger partial charge in [-0.25, -0.2) is 9.97 Å². The standard InChI is InChI=1S/C14H18N4O/c1-3-16-13-8-12(11-6-5-7-15-9-11)17-14(18-13)10-19-4-2/h5-9H,3-4,10H2,1-2H3,(H,16,17,18). The largest absolute Gasteiger partial charge is 0.374 e. The predicted octanol–water partition coefficient (Wildman–Crippen LogP) is 2.51. The lowest BCUT2D eigenvalue weighted by Crippen LogP contribution is -2.06. The summed E-state index contributed by atoms with van der Waals surface area (Å²) < 4.78 is 5.38. The van der Waals surface area contributed by atoms with Crippen molar-refractivity contribution >= 4 is 5.82 Å². The molecule has 0 saturated heterocycles. The second kappa shape index (κ2) is 6.80. The van der Waals surface area contributed by atoms with Crippen molar-refractivity contribution in [3.05, 3.63) is 36.4 Å². The molecule has 5 nitrogen and oxygen atoms in total. The summed E-state index contributed by atoms with van der Waals surface area (Å²) in [7, 11) is 0. The van der Waals surface area contributed by atoms with Crippen LogP contribution in [0.1, 0.15) is 19.7 Å². The highest BCUT2D eigenvalue weighted by Gasteiger charge is 2.06. The molecule has 5 heteroatoms. The Kier molecular flexibility index (Phi) is 4.80. The van der Waals surface area contributed by atoms with Gasteiger partial charge in [-0.3, -0.25) is 4.98 Å². The van der Waals surface area contributed by atoms with Crippen molar-refractivity contribution in [3.8, 4) is 11.3 Å². The highest BCUT2D eigenvalue weighted by molar-refractivity contribution is 5.61. The van der Waals surface area contributed by atoms with Gasteiger partial charge in [0.15, 0.2) is 5.82 Å². The summed E-state index contributed by atoms with van der Waals surface area (Å²) in [5.41, 5.74) is 1.83. The normalized spacial score (nSPS) is 10.4. The Balaban J connectivity index is 2.33. The fourth-order valence-corrected chi connectivity index (χ4v) is 1.69. The van der Waals surface area contributed by atoms with Gasteiger partial charge in [0.1, 0.15) is 12.4 Å².